The number of imidazole rings is 1. The number of nitrogens with one attached hydrogen (secondary N) is 1. The van der Waals surface area contributed by atoms with Crippen LogP contribution in [-0.2, 0) is 11.3 Å². The summed E-state index contributed by atoms with van der Waals surface area (Å²) in [5.74, 6) is 0.0142. The molecule has 0 saturated heterocycles. The molecule has 9 heteroatoms. The standard InChI is InChI=1S/C21H16BrClN4OS2/c22-19-10-9-15(30-19)11-24-26-20(28)13-29-21-25-17-7-3-4-8-18(17)27(21)12-14-5-1-2-6-16(14)23/h1-11H,12-13H2,(H,26,28)/b24-11+. The van der Waals surface area contributed by atoms with Crippen LogP contribution in [0.4, 0.5) is 0 Å². The summed E-state index contributed by atoms with van der Waals surface area (Å²) in [5, 5.41) is 5.49. The van der Waals surface area contributed by atoms with Gasteiger partial charge in [-0.1, -0.05) is 53.7 Å². The van der Waals surface area contributed by atoms with Crippen molar-refractivity contribution in [2.75, 3.05) is 5.75 Å². The smallest absolute Gasteiger partial charge is 0.250 e. The van der Waals surface area contributed by atoms with Crippen LogP contribution in [0, 0.1) is 0 Å². The maximum Gasteiger partial charge on any atom is 0.250 e. The Kier molecular flexibility index (Phi) is 6.89. The second-order valence-electron chi connectivity index (χ2n) is 6.28. The molecule has 0 spiro atoms. The minimum atomic E-state index is -0.191. The maximum absolute atomic E-state index is 12.2. The van der Waals surface area contributed by atoms with Crippen molar-refractivity contribution in [3.8, 4) is 0 Å². The molecule has 30 heavy (non-hydrogen) atoms. The summed E-state index contributed by atoms with van der Waals surface area (Å²) in [6.45, 7) is 0.579. The molecule has 2 aromatic carbocycles. The highest BCUT2D eigenvalue weighted by atomic mass is 79.9. The number of hydrogen-bond donors (Lipinski definition) is 1. The lowest BCUT2D eigenvalue weighted by atomic mass is 10.2. The average molecular weight is 520 g/mol. The monoisotopic (exact) mass is 518 g/mol. The van der Waals surface area contributed by atoms with Gasteiger partial charge in [-0.15, -0.1) is 11.3 Å². The molecule has 1 N–H and O–H groups in total. The normalized spacial score (nSPS) is 11.4. The number of halogens is 2. The lowest BCUT2D eigenvalue weighted by molar-refractivity contribution is -0.118. The molecule has 0 aliphatic rings. The molecule has 4 aromatic rings. The Morgan fingerprint density at radius 3 is 2.80 bits per heavy atom. The molecule has 0 atom stereocenters. The van der Waals surface area contributed by atoms with Crippen molar-refractivity contribution in [2.24, 2.45) is 5.10 Å². The number of carbonyl (C=O) groups is 1. The third-order valence-electron chi connectivity index (χ3n) is 4.21. The number of fused-ring (bicyclic) bond motifs is 1. The van der Waals surface area contributed by atoms with Crippen LogP contribution in [0.5, 0.6) is 0 Å². The van der Waals surface area contributed by atoms with Gasteiger partial charge in [-0.3, -0.25) is 4.79 Å². The fraction of sp³-hybridized carbons (Fsp3) is 0.0952. The lowest BCUT2D eigenvalue weighted by Gasteiger charge is -2.10. The minimum absolute atomic E-state index is 0.191. The number of carbonyl (C=O) groups excluding carboxylic acids is 1. The first-order valence-electron chi connectivity index (χ1n) is 8.99. The van der Waals surface area contributed by atoms with Gasteiger partial charge in [0.15, 0.2) is 5.16 Å². The van der Waals surface area contributed by atoms with Gasteiger partial charge in [-0.05, 0) is 51.8 Å². The summed E-state index contributed by atoms with van der Waals surface area (Å²) in [6.07, 6.45) is 1.63. The Balaban J connectivity index is 1.47. The molecule has 0 fully saturated rings. The molecule has 0 aliphatic carbocycles. The summed E-state index contributed by atoms with van der Waals surface area (Å²) in [4.78, 5) is 17.9. The average Bonchev–Trinajstić information content (AvgIpc) is 3.31. The number of rotatable bonds is 7. The maximum atomic E-state index is 12.2. The van der Waals surface area contributed by atoms with Gasteiger partial charge in [0.1, 0.15) is 0 Å². The van der Waals surface area contributed by atoms with E-state index in [1.54, 1.807) is 17.6 Å². The third kappa shape index (κ3) is 5.13. The number of benzene rings is 2. The van der Waals surface area contributed by atoms with E-state index in [1.807, 2.05) is 60.7 Å². The summed E-state index contributed by atoms with van der Waals surface area (Å²) >= 11 is 12.7. The molecular weight excluding hydrogens is 504 g/mol. The van der Waals surface area contributed by atoms with Crippen LogP contribution in [0.1, 0.15) is 10.4 Å². The first-order chi connectivity index (χ1) is 14.6. The molecule has 0 bridgehead atoms. The van der Waals surface area contributed by atoms with Gasteiger partial charge < -0.3 is 4.57 Å². The molecular formula is C21H16BrClN4OS2. The van der Waals surface area contributed by atoms with Crippen molar-refractivity contribution < 1.29 is 4.79 Å². The molecule has 0 saturated carbocycles. The zero-order chi connectivity index (χ0) is 20.9. The van der Waals surface area contributed by atoms with Crippen LogP contribution in [0.25, 0.3) is 11.0 Å². The van der Waals surface area contributed by atoms with E-state index in [0.717, 1.165) is 30.4 Å². The minimum Gasteiger partial charge on any atom is -0.314 e. The number of para-hydroxylation sites is 2. The highest BCUT2D eigenvalue weighted by Crippen LogP contribution is 2.27. The van der Waals surface area contributed by atoms with Crippen molar-refractivity contribution in [1.29, 1.82) is 0 Å². The Labute approximate surface area is 195 Å². The number of thioether (sulfide) groups is 1. The molecule has 1 amide bonds. The summed E-state index contributed by atoms with van der Waals surface area (Å²) in [5.41, 5.74) is 5.45. The predicted molar refractivity (Wildman–Crippen MR) is 129 cm³/mol. The number of aromatic nitrogens is 2. The number of hydrogen-bond acceptors (Lipinski definition) is 5. The summed E-state index contributed by atoms with van der Waals surface area (Å²) in [7, 11) is 0. The van der Waals surface area contributed by atoms with E-state index in [-0.39, 0.29) is 11.7 Å². The molecule has 152 valence electrons. The SMILES string of the molecule is O=C(CSc1nc2ccccc2n1Cc1ccccc1Cl)N/N=C/c1ccc(Br)s1. The van der Waals surface area contributed by atoms with E-state index in [9.17, 15) is 4.79 Å². The second-order valence-corrected chi connectivity index (χ2v) is 10.1. The largest absolute Gasteiger partial charge is 0.314 e. The van der Waals surface area contributed by atoms with Crippen molar-refractivity contribution >= 4 is 73.8 Å². The second kappa shape index (κ2) is 9.78. The van der Waals surface area contributed by atoms with Crippen LogP contribution in [0.3, 0.4) is 0 Å². The van der Waals surface area contributed by atoms with Crippen LogP contribution in [-0.4, -0.2) is 27.4 Å². The van der Waals surface area contributed by atoms with Crippen molar-refractivity contribution in [3.05, 3.63) is 79.9 Å². The highest BCUT2D eigenvalue weighted by Gasteiger charge is 2.14. The van der Waals surface area contributed by atoms with Crippen LogP contribution in [0.2, 0.25) is 5.02 Å². The summed E-state index contributed by atoms with van der Waals surface area (Å²) in [6, 6.07) is 19.5. The number of hydrazone groups is 1. The van der Waals surface area contributed by atoms with Gasteiger partial charge in [0.25, 0.3) is 5.91 Å². The van der Waals surface area contributed by atoms with E-state index >= 15 is 0 Å². The Hall–Kier alpha value is -2.13. The molecule has 0 unspecified atom stereocenters. The van der Waals surface area contributed by atoms with Crippen molar-refractivity contribution in [1.82, 2.24) is 15.0 Å². The van der Waals surface area contributed by atoms with Gasteiger partial charge in [0, 0.05) is 9.90 Å². The fourth-order valence-corrected chi connectivity index (χ4v) is 5.14. The van der Waals surface area contributed by atoms with Crippen LogP contribution >= 0.6 is 50.6 Å². The Morgan fingerprint density at radius 1 is 1.20 bits per heavy atom. The van der Waals surface area contributed by atoms with Gasteiger partial charge in [-0.25, -0.2) is 10.4 Å². The molecule has 0 aliphatic heterocycles. The van der Waals surface area contributed by atoms with E-state index in [1.165, 1.54) is 11.8 Å². The van der Waals surface area contributed by atoms with E-state index in [2.05, 4.69) is 31.0 Å². The van der Waals surface area contributed by atoms with E-state index in [4.69, 9.17) is 16.6 Å². The van der Waals surface area contributed by atoms with Gasteiger partial charge in [0.2, 0.25) is 0 Å². The van der Waals surface area contributed by atoms with Gasteiger partial charge in [-0.2, -0.15) is 5.10 Å². The van der Waals surface area contributed by atoms with Crippen molar-refractivity contribution in [2.45, 2.75) is 11.7 Å². The van der Waals surface area contributed by atoms with Crippen molar-refractivity contribution in [3.63, 3.8) is 0 Å². The topological polar surface area (TPSA) is 59.3 Å². The van der Waals surface area contributed by atoms with Gasteiger partial charge >= 0.3 is 0 Å². The quantitative estimate of drug-likeness (QED) is 0.191. The molecule has 2 aromatic heterocycles. The Bertz CT molecular complexity index is 1220. The third-order valence-corrected chi connectivity index (χ3v) is 7.12. The number of nitrogens with zero attached hydrogens (tertiary/aromatic N) is 3. The molecule has 2 heterocycles. The highest BCUT2D eigenvalue weighted by molar-refractivity contribution is 9.11. The van der Waals surface area contributed by atoms with Crippen LogP contribution in [0.15, 0.2) is 74.7 Å². The first kappa shape index (κ1) is 21.1. The zero-order valence-corrected chi connectivity index (χ0v) is 19.6. The van der Waals surface area contributed by atoms with E-state index < -0.39 is 0 Å². The molecule has 5 nitrogen and oxygen atoms in total. The molecule has 0 radical (unpaired) electrons. The number of amides is 1. The van der Waals surface area contributed by atoms with Crippen LogP contribution < -0.4 is 5.43 Å². The fourth-order valence-electron chi connectivity index (χ4n) is 2.84. The predicted octanol–water partition coefficient (Wildman–Crippen LogP) is 5.80. The lowest BCUT2D eigenvalue weighted by Crippen LogP contribution is -2.20. The summed E-state index contributed by atoms with van der Waals surface area (Å²) < 4.78 is 3.10. The van der Waals surface area contributed by atoms with E-state index in [0.29, 0.717) is 11.6 Å². The molecule has 4 rings (SSSR count). The van der Waals surface area contributed by atoms with Gasteiger partial charge in [0.05, 0.1) is 33.3 Å². The number of thiophene rings is 1. The first-order valence-corrected chi connectivity index (χ1v) is 12.0. The zero-order valence-electron chi connectivity index (χ0n) is 15.6. The Morgan fingerprint density at radius 2 is 2.00 bits per heavy atom.